The summed E-state index contributed by atoms with van der Waals surface area (Å²) < 4.78 is 0. The van der Waals surface area contributed by atoms with Gasteiger partial charge in [0, 0.05) is 30.3 Å². The first-order valence-electron chi connectivity index (χ1n) is 9.30. The van der Waals surface area contributed by atoms with Crippen molar-refractivity contribution in [3.8, 4) is 0 Å². The van der Waals surface area contributed by atoms with Gasteiger partial charge in [-0.15, -0.1) is 0 Å². The van der Waals surface area contributed by atoms with E-state index in [0.29, 0.717) is 28.3 Å². The third-order valence-electron chi connectivity index (χ3n) is 5.02. The summed E-state index contributed by atoms with van der Waals surface area (Å²) in [5.41, 5.74) is 3.12. The molecule has 6 heteroatoms. The number of para-hydroxylation sites is 1. The van der Waals surface area contributed by atoms with Crippen molar-refractivity contribution in [1.29, 1.82) is 0 Å². The van der Waals surface area contributed by atoms with Gasteiger partial charge >= 0.3 is 0 Å². The van der Waals surface area contributed by atoms with Crippen LogP contribution in [0.25, 0.3) is 10.9 Å². The summed E-state index contributed by atoms with van der Waals surface area (Å²) in [7, 11) is 2.04. The Morgan fingerprint density at radius 3 is 2.74 bits per heavy atom. The average Bonchev–Trinajstić information content (AvgIpc) is 3.16. The Balaban J connectivity index is 1.54. The zero-order valence-corrected chi connectivity index (χ0v) is 16.2. The number of fused-ring (bicyclic) bond motifs is 1. The fraction of sp³-hybridized carbons (Fsp3) is 0.333. The van der Waals surface area contributed by atoms with Crippen LogP contribution in [0.15, 0.2) is 47.3 Å². The van der Waals surface area contributed by atoms with Crippen LogP contribution in [0.1, 0.15) is 24.2 Å². The summed E-state index contributed by atoms with van der Waals surface area (Å²) in [5.74, 6) is 0.649. The van der Waals surface area contributed by atoms with E-state index in [1.165, 1.54) is 24.1 Å². The molecule has 4 rings (SSSR count). The Morgan fingerprint density at radius 2 is 1.93 bits per heavy atom. The number of hydrogen-bond donors (Lipinski definition) is 1. The van der Waals surface area contributed by atoms with Gasteiger partial charge < -0.3 is 9.88 Å². The SMILES string of the molecule is CN(Cc1nc2cc(Cl)ccc2c(=O)[nH]1)Cc1ccccc1N1CCCC1. The van der Waals surface area contributed by atoms with Crippen molar-refractivity contribution in [2.45, 2.75) is 25.9 Å². The zero-order valence-electron chi connectivity index (χ0n) is 15.4. The van der Waals surface area contributed by atoms with Crippen molar-refractivity contribution in [1.82, 2.24) is 14.9 Å². The van der Waals surface area contributed by atoms with E-state index in [2.05, 4.69) is 44.0 Å². The Kier molecular flexibility index (Phi) is 5.14. The molecule has 2 heterocycles. The molecule has 1 saturated heterocycles. The summed E-state index contributed by atoms with van der Waals surface area (Å²) in [5, 5.41) is 1.14. The summed E-state index contributed by atoms with van der Waals surface area (Å²) in [4.78, 5) is 24.4. The number of aromatic amines is 1. The van der Waals surface area contributed by atoms with Gasteiger partial charge in [-0.25, -0.2) is 4.98 Å². The number of benzene rings is 2. The molecule has 1 aliphatic heterocycles. The molecule has 1 aromatic heterocycles. The van der Waals surface area contributed by atoms with Gasteiger partial charge in [-0.05, 0) is 49.7 Å². The molecule has 1 fully saturated rings. The summed E-state index contributed by atoms with van der Waals surface area (Å²) in [6.45, 7) is 3.61. The number of anilines is 1. The first-order chi connectivity index (χ1) is 13.1. The monoisotopic (exact) mass is 382 g/mol. The fourth-order valence-electron chi connectivity index (χ4n) is 3.75. The quantitative estimate of drug-likeness (QED) is 0.729. The van der Waals surface area contributed by atoms with Crippen molar-refractivity contribution >= 4 is 28.2 Å². The van der Waals surface area contributed by atoms with Crippen LogP contribution in [0.4, 0.5) is 5.69 Å². The maximum atomic E-state index is 12.3. The molecule has 27 heavy (non-hydrogen) atoms. The zero-order chi connectivity index (χ0) is 18.8. The van der Waals surface area contributed by atoms with Crippen LogP contribution in [0.3, 0.4) is 0 Å². The van der Waals surface area contributed by atoms with Gasteiger partial charge in [0.15, 0.2) is 0 Å². The Hall–Kier alpha value is -2.37. The van der Waals surface area contributed by atoms with Gasteiger partial charge in [0.25, 0.3) is 5.56 Å². The highest BCUT2D eigenvalue weighted by atomic mass is 35.5. The van der Waals surface area contributed by atoms with Crippen molar-refractivity contribution in [3.05, 3.63) is 69.2 Å². The maximum Gasteiger partial charge on any atom is 0.258 e. The minimum atomic E-state index is -0.127. The van der Waals surface area contributed by atoms with Crippen molar-refractivity contribution in [3.63, 3.8) is 0 Å². The average molecular weight is 383 g/mol. The number of rotatable bonds is 5. The second-order valence-electron chi connectivity index (χ2n) is 7.17. The number of nitrogens with zero attached hydrogens (tertiary/aromatic N) is 3. The lowest BCUT2D eigenvalue weighted by atomic mass is 10.1. The molecule has 3 aromatic rings. The summed E-state index contributed by atoms with van der Waals surface area (Å²) >= 11 is 6.05. The standard InChI is InChI=1S/C21H23ClN4O/c1-25(13-15-6-2-3-7-19(15)26-10-4-5-11-26)14-20-23-18-12-16(22)8-9-17(18)21(27)24-20/h2-3,6-9,12H,4-5,10-11,13-14H2,1H3,(H,23,24,27). The Bertz CT molecular complexity index is 1010. The van der Waals surface area contributed by atoms with E-state index >= 15 is 0 Å². The van der Waals surface area contributed by atoms with E-state index in [4.69, 9.17) is 11.6 Å². The van der Waals surface area contributed by atoms with E-state index in [9.17, 15) is 4.79 Å². The smallest absolute Gasteiger partial charge is 0.258 e. The van der Waals surface area contributed by atoms with Crippen LogP contribution in [-0.4, -0.2) is 35.0 Å². The lowest BCUT2D eigenvalue weighted by Gasteiger charge is -2.24. The molecule has 0 bridgehead atoms. The van der Waals surface area contributed by atoms with Crippen molar-refractivity contribution in [2.75, 3.05) is 25.0 Å². The molecule has 0 atom stereocenters. The van der Waals surface area contributed by atoms with E-state index in [1.807, 2.05) is 7.05 Å². The number of aromatic nitrogens is 2. The summed E-state index contributed by atoms with van der Waals surface area (Å²) in [6.07, 6.45) is 2.52. The Morgan fingerprint density at radius 1 is 1.15 bits per heavy atom. The van der Waals surface area contributed by atoms with Crippen molar-refractivity contribution < 1.29 is 0 Å². The molecule has 0 unspecified atom stereocenters. The lowest BCUT2D eigenvalue weighted by molar-refractivity contribution is 0.311. The van der Waals surface area contributed by atoms with Gasteiger partial charge in [0.05, 0.1) is 17.4 Å². The van der Waals surface area contributed by atoms with Gasteiger partial charge in [0.2, 0.25) is 0 Å². The number of halogens is 1. The molecule has 1 N–H and O–H groups in total. The highest BCUT2D eigenvalue weighted by Crippen LogP contribution is 2.25. The van der Waals surface area contributed by atoms with Gasteiger partial charge in [-0.2, -0.15) is 0 Å². The van der Waals surface area contributed by atoms with Crippen LogP contribution >= 0.6 is 11.6 Å². The highest BCUT2D eigenvalue weighted by molar-refractivity contribution is 6.31. The van der Waals surface area contributed by atoms with Gasteiger partial charge in [-0.3, -0.25) is 9.69 Å². The van der Waals surface area contributed by atoms with Gasteiger partial charge in [0.1, 0.15) is 5.82 Å². The third-order valence-corrected chi connectivity index (χ3v) is 5.25. The molecule has 1 aliphatic rings. The highest BCUT2D eigenvalue weighted by Gasteiger charge is 2.16. The predicted octanol–water partition coefficient (Wildman–Crippen LogP) is 3.81. The minimum Gasteiger partial charge on any atom is -0.371 e. The second-order valence-corrected chi connectivity index (χ2v) is 7.61. The lowest BCUT2D eigenvalue weighted by Crippen LogP contribution is -2.24. The number of nitrogens with one attached hydrogen (secondary N) is 1. The number of H-pyrrole nitrogens is 1. The third kappa shape index (κ3) is 3.99. The minimum absolute atomic E-state index is 0.127. The van der Waals surface area contributed by atoms with E-state index in [-0.39, 0.29) is 5.56 Å². The van der Waals surface area contributed by atoms with Crippen LogP contribution < -0.4 is 10.5 Å². The van der Waals surface area contributed by atoms with Gasteiger partial charge in [-0.1, -0.05) is 29.8 Å². The molecule has 0 spiro atoms. The van der Waals surface area contributed by atoms with E-state index < -0.39 is 0 Å². The first-order valence-corrected chi connectivity index (χ1v) is 9.68. The second kappa shape index (κ2) is 7.71. The van der Waals surface area contributed by atoms with Crippen LogP contribution in [0, 0.1) is 0 Å². The molecule has 0 radical (unpaired) electrons. The normalized spacial score (nSPS) is 14.4. The molecule has 2 aromatic carbocycles. The topological polar surface area (TPSA) is 52.2 Å². The van der Waals surface area contributed by atoms with Crippen molar-refractivity contribution in [2.24, 2.45) is 0 Å². The first kappa shape index (κ1) is 18.0. The largest absolute Gasteiger partial charge is 0.371 e. The van der Waals surface area contributed by atoms with Crippen LogP contribution in [0.2, 0.25) is 5.02 Å². The summed E-state index contributed by atoms with van der Waals surface area (Å²) in [6, 6.07) is 13.7. The maximum absolute atomic E-state index is 12.3. The molecular formula is C21H23ClN4O. The molecule has 0 saturated carbocycles. The number of hydrogen-bond acceptors (Lipinski definition) is 4. The van der Waals surface area contributed by atoms with Crippen LogP contribution in [0.5, 0.6) is 0 Å². The fourth-order valence-corrected chi connectivity index (χ4v) is 3.92. The molecular weight excluding hydrogens is 360 g/mol. The van der Waals surface area contributed by atoms with Crippen LogP contribution in [-0.2, 0) is 13.1 Å². The molecule has 5 nitrogen and oxygen atoms in total. The predicted molar refractivity (Wildman–Crippen MR) is 110 cm³/mol. The van der Waals surface area contributed by atoms with E-state index in [1.54, 1.807) is 18.2 Å². The van der Waals surface area contributed by atoms with E-state index in [0.717, 1.165) is 19.6 Å². The molecule has 0 aliphatic carbocycles. The molecule has 140 valence electrons. The Labute approximate surface area is 163 Å². The molecule has 0 amide bonds.